The molecule has 0 saturated heterocycles. The summed E-state index contributed by atoms with van der Waals surface area (Å²) in [6, 6.07) is 3.51. The number of furan rings is 1. The van der Waals surface area contributed by atoms with Crippen molar-refractivity contribution in [1.29, 1.82) is 0 Å². The van der Waals surface area contributed by atoms with Gasteiger partial charge in [-0.15, -0.1) is 0 Å². The van der Waals surface area contributed by atoms with Crippen molar-refractivity contribution in [2.45, 2.75) is 18.1 Å². The van der Waals surface area contributed by atoms with E-state index >= 15 is 0 Å². The van der Waals surface area contributed by atoms with E-state index in [9.17, 15) is 8.42 Å². The van der Waals surface area contributed by atoms with Gasteiger partial charge in [-0.05, 0) is 31.2 Å². The summed E-state index contributed by atoms with van der Waals surface area (Å²) in [4.78, 5) is 2.08. The average Bonchev–Trinajstić information content (AvgIpc) is 2.67. The highest BCUT2D eigenvalue weighted by atomic mass is 35.5. The van der Waals surface area contributed by atoms with Crippen LogP contribution < -0.4 is 0 Å². The lowest BCUT2D eigenvalue weighted by Gasteiger charge is -2.15. The number of rotatable bonds is 2. The molecule has 0 spiro atoms. The minimum Gasteiger partial charge on any atom is -0.443 e. The normalized spacial score (nSPS) is 16.6. The first-order chi connectivity index (χ1) is 9.82. The van der Waals surface area contributed by atoms with Gasteiger partial charge in [0.2, 0.25) is 5.09 Å². The first kappa shape index (κ1) is 14.8. The molecule has 0 bridgehead atoms. The van der Waals surface area contributed by atoms with Gasteiger partial charge in [0.05, 0.1) is 0 Å². The van der Waals surface area contributed by atoms with Gasteiger partial charge in [0.1, 0.15) is 5.58 Å². The molecule has 0 amide bonds. The van der Waals surface area contributed by atoms with Gasteiger partial charge < -0.3 is 9.32 Å². The van der Waals surface area contributed by atoms with Crippen molar-refractivity contribution in [2.24, 2.45) is 0 Å². The maximum absolute atomic E-state index is 12.5. The molecule has 1 aliphatic heterocycles. The molecule has 5 nitrogen and oxygen atoms in total. The van der Waals surface area contributed by atoms with Crippen molar-refractivity contribution in [3.8, 4) is 0 Å². The predicted octanol–water partition coefficient (Wildman–Crippen LogP) is 2.32. The lowest BCUT2D eigenvalue weighted by molar-refractivity contribution is 0.325. The van der Waals surface area contributed by atoms with Crippen molar-refractivity contribution in [2.75, 3.05) is 27.7 Å². The summed E-state index contributed by atoms with van der Waals surface area (Å²) in [6.45, 7) is 1.36. The maximum atomic E-state index is 12.5. The summed E-state index contributed by atoms with van der Waals surface area (Å²) >= 11 is 6.30. The SMILES string of the molecule is CN1CCc2c(Cl)ccc3oc(S(=O)(=O)N(C)C)c(c23)C1. The Morgan fingerprint density at radius 3 is 2.67 bits per heavy atom. The van der Waals surface area contributed by atoms with Crippen LogP contribution in [0.2, 0.25) is 5.02 Å². The highest BCUT2D eigenvalue weighted by molar-refractivity contribution is 7.89. The summed E-state index contributed by atoms with van der Waals surface area (Å²) in [5.74, 6) is 0. The van der Waals surface area contributed by atoms with E-state index < -0.39 is 10.0 Å². The lowest BCUT2D eigenvalue weighted by atomic mass is 10.1. The standard InChI is InChI=1S/C14H17ClN2O3S/c1-16(2)21(18,19)14-10-8-17(3)7-6-9-11(15)4-5-12(20-14)13(9)10/h4-5H,6-8H2,1-3H3. The number of likely N-dealkylation sites (N-methyl/N-ethyl adjacent to an activating group) is 1. The molecule has 0 saturated carbocycles. The average molecular weight is 329 g/mol. The molecule has 3 rings (SSSR count). The number of hydrogen-bond acceptors (Lipinski definition) is 4. The fourth-order valence-corrected chi connectivity index (χ4v) is 3.95. The van der Waals surface area contributed by atoms with Crippen LogP contribution in [0.25, 0.3) is 11.0 Å². The summed E-state index contributed by atoms with van der Waals surface area (Å²) in [5, 5.41) is 1.54. The van der Waals surface area contributed by atoms with Crippen LogP contribution >= 0.6 is 11.6 Å². The van der Waals surface area contributed by atoms with Crippen LogP contribution in [-0.4, -0.2) is 45.3 Å². The summed E-state index contributed by atoms with van der Waals surface area (Å²) in [7, 11) is 1.35. The predicted molar refractivity (Wildman–Crippen MR) is 82.1 cm³/mol. The molecule has 0 N–H and O–H groups in total. The fraction of sp³-hybridized carbons (Fsp3) is 0.429. The number of benzene rings is 1. The van der Waals surface area contributed by atoms with Gasteiger partial charge in [0, 0.05) is 43.2 Å². The second kappa shape index (κ2) is 4.98. The van der Waals surface area contributed by atoms with Crippen molar-refractivity contribution in [1.82, 2.24) is 9.21 Å². The molecule has 0 unspecified atom stereocenters. The van der Waals surface area contributed by atoms with E-state index in [1.807, 2.05) is 7.05 Å². The lowest BCUT2D eigenvalue weighted by Crippen LogP contribution is -2.24. The van der Waals surface area contributed by atoms with E-state index in [1.165, 1.54) is 18.4 Å². The molecule has 2 aromatic rings. The zero-order valence-electron chi connectivity index (χ0n) is 12.2. The van der Waals surface area contributed by atoms with Gasteiger partial charge >= 0.3 is 0 Å². The number of sulfonamides is 1. The molecule has 2 heterocycles. The number of nitrogens with zero attached hydrogens (tertiary/aromatic N) is 2. The summed E-state index contributed by atoms with van der Waals surface area (Å²) in [6.07, 6.45) is 0.778. The molecule has 0 aliphatic carbocycles. The molecule has 21 heavy (non-hydrogen) atoms. The Kier molecular flexibility index (Phi) is 3.52. The van der Waals surface area contributed by atoms with E-state index in [4.69, 9.17) is 16.0 Å². The highest BCUT2D eigenvalue weighted by Crippen LogP contribution is 2.38. The minimum absolute atomic E-state index is 0.0276. The Morgan fingerprint density at radius 2 is 2.00 bits per heavy atom. The van der Waals surface area contributed by atoms with Crippen LogP contribution in [0.15, 0.2) is 21.6 Å². The Labute approximate surface area is 129 Å². The molecule has 0 fully saturated rings. The van der Waals surface area contributed by atoms with E-state index in [0.717, 1.165) is 23.9 Å². The van der Waals surface area contributed by atoms with Crippen molar-refractivity contribution in [3.05, 3.63) is 28.3 Å². The van der Waals surface area contributed by atoms with E-state index in [-0.39, 0.29) is 5.09 Å². The van der Waals surface area contributed by atoms with Gasteiger partial charge in [-0.2, -0.15) is 0 Å². The largest absolute Gasteiger partial charge is 0.443 e. The third kappa shape index (κ3) is 2.26. The molecule has 0 radical (unpaired) electrons. The minimum atomic E-state index is -3.62. The smallest absolute Gasteiger partial charge is 0.276 e. The fourth-order valence-electron chi connectivity index (χ4n) is 2.69. The van der Waals surface area contributed by atoms with E-state index in [2.05, 4.69) is 4.90 Å². The van der Waals surface area contributed by atoms with Gasteiger partial charge in [0.15, 0.2) is 0 Å². The molecule has 1 aromatic carbocycles. The zero-order chi connectivity index (χ0) is 15.4. The monoisotopic (exact) mass is 328 g/mol. The van der Waals surface area contributed by atoms with Crippen LogP contribution in [0.4, 0.5) is 0 Å². The first-order valence-corrected chi connectivity index (χ1v) is 8.48. The molecule has 7 heteroatoms. The highest BCUT2D eigenvalue weighted by Gasteiger charge is 2.31. The molecular formula is C14H17ClN2O3S. The van der Waals surface area contributed by atoms with Crippen LogP contribution in [0, 0.1) is 0 Å². The Morgan fingerprint density at radius 1 is 1.29 bits per heavy atom. The van der Waals surface area contributed by atoms with Crippen molar-refractivity contribution >= 4 is 32.6 Å². The molecule has 1 aliphatic rings. The van der Waals surface area contributed by atoms with Gasteiger partial charge in [-0.25, -0.2) is 12.7 Å². The van der Waals surface area contributed by atoms with Crippen LogP contribution in [0.3, 0.4) is 0 Å². The molecule has 0 atom stereocenters. The Bertz CT molecular complexity index is 811. The van der Waals surface area contributed by atoms with E-state index in [1.54, 1.807) is 12.1 Å². The molecule has 1 aromatic heterocycles. The van der Waals surface area contributed by atoms with Gasteiger partial charge in [-0.1, -0.05) is 11.6 Å². The van der Waals surface area contributed by atoms with Crippen molar-refractivity contribution < 1.29 is 12.8 Å². The van der Waals surface area contributed by atoms with E-state index in [0.29, 0.717) is 22.7 Å². The third-order valence-corrected chi connectivity index (χ3v) is 5.97. The van der Waals surface area contributed by atoms with Crippen LogP contribution in [0.1, 0.15) is 11.1 Å². The molecule has 114 valence electrons. The van der Waals surface area contributed by atoms with Crippen molar-refractivity contribution in [3.63, 3.8) is 0 Å². The second-order valence-corrected chi connectivity index (χ2v) is 8.00. The van der Waals surface area contributed by atoms with Gasteiger partial charge in [0.25, 0.3) is 10.0 Å². The van der Waals surface area contributed by atoms with Crippen LogP contribution in [0.5, 0.6) is 0 Å². The van der Waals surface area contributed by atoms with Crippen LogP contribution in [-0.2, 0) is 23.0 Å². The Hall–Kier alpha value is -1.08. The number of hydrogen-bond donors (Lipinski definition) is 0. The number of halogens is 1. The maximum Gasteiger partial charge on any atom is 0.276 e. The Balaban J connectivity index is 2.39. The topological polar surface area (TPSA) is 53.8 Å². The molecular weight excluding hydrogens is 312 g/mol. The third-order valence-electron chi connectivity index (χ3n) is 3.85. The van der Waals surface area contributed by atoms with Gasteiger partial charge in [-0.3, -0.25) is 0 Å². The zero-order valence-corrected chi connectivity index (χ0v) is 13.8. The first-order valence-electron chi connectivity index (χ1n) is 6.66. The summed E-state index contributed by atoms with van der Waals surface area (Å²) < 4.78 is 31.9. The summed E-state index contributed by atoms with van der Waals surface area (Å²) in [5.41, 5.74) is 2.26. The quantitative estimate of drug-likeness (QED) is 0.849. The second-order valence-electron chi connectivity index (χ2n) is 5.54.